The molecular weight excluding hydrogens is 421 g/mol. The molecule has 2 amide bonds. The molecule has 2 N–H and O–H groups in total. The fourth-order valence-corrected chi connectivity index (χ4v) is 4.04. The molecule has 1 aliphatic rings. The first-order valence-corrected chi connectivity index (χ1v) is 9.97. The van der Waals surface area contributed by atoms with Gasteiger partial charge in [0.15, 0.2) is 0 Å². The van der Waals surface area contributed by atoms with Gasteiger partial charge in [0.25, 0.3) is 0 Å². The highest BCUT2D eigenvalue weighted by Crippen LogP contribution is 2.37. The van der Waals surface area contributed by atoms with Gasteiger partial charge < -0.3 is 15.5 Å². The highest BCUT2D eigenvalue weighted by atomic mass is 35.5. The number of amides is 2. The number of benzene rings is 2. The Kier molecular flexibility index (Phi) is 5.56. The van der Waals surface area contributed by atoms with E-state index in [0.717, 1.165) is 0 Å². The summed E-state index contributed by atoms with van der Waals surface area (Å²) in [5.41, 5.74) is 6.39. The summed E-state index contributed by atoms with van der Waals surface area (Å²) in [5.74, 6) is -0.779. The van der Waals surface area contributed by atoms with E-state index in [2.05, 4.69) is 16.5 Å². The molecule has 7 nitrogen and oxygen atoms in total. The number of aromatic nitrogens is 2. The third-order valence-corrected chi connectivity index (χ3v) is 5.63. The Bertz CT molecular complexity index is 1210. The summed E-state index contributed by atoms with van der Waals surface area (Å²) in [6.45, 7) is 5.78. The van der Waals surface area contributed by atoms with Crippen molar-refractivity contribution in [3.05, 3.63) is 65.7 Å². The van der Waals surface area contributed by atoms with Crippen molar-refractivity contribution in [2.75, 3.05) is 31.1 Å². The van der Waals surface area contributed by atoms with E-state index in [1.54, 1.807) is 17.0 Å². The van der Waals surface area contributed by atoms with Crippen molar-refractivity contribution in [3.8, 4) is 11.1 Å². The van der Waals surface area contributed by atoms with E-state index < -0.39 is 11.7 Å². The van der Waals surface area contributed by atoms with Gasteiger partial charge in [-0.05, 0) is 30.3 Å². The molecule has 0 spiro atoms. The molecule has 1 aliphatic heterocycles. The Morgan fingerprint density at radius 3 is 2.58 bits per heavy atom. The molecule has 0 radical (unpaired) electrons. The number of primary amides is 1. The van der Waals surface area contributed by atoms with E-state index in [1.807, 2.05) is 4.90 Å². The number of rotatable bonds is 4. The lowest BCUT2D eigenvalue weighted by atomic mass is 9.97. The van der Waals surface area contributed by atoms with Crippen LogP contribution in [-0.2, 0) is 4.79 Å². The van der Waals surface area contributed by atoms with Crippen LogP contribution in [-0.4, -0.2) is 52.9 Å². The number of nitrogens with zero attached hydrogens (tertiary/aromatic N) is 4. The maximum Gasteiger partial charge on any atom is 0.249 e. The van der Waals surface area contributed by atoms with Gasteiger partial charge in [0.05, 0.1) is 5.52 Å². The minimum atomic E-state index is -0.749. The summed E-state index contributed by atoms with van der Waals surface area (Å²) in [4.78, 5) is 36.1. The molecule has 3 aromatic rings. The van der Waals surface area contributed by atoms with Crippen LogP contribution < -0.4 is 10.6 Å². The van der Waals surface area contributed by atoms with Crippen molar-refractivity contribution < 1.29 is 14.0 Å². The van der Waals surface area contributed by atoms with Gasteiger partial charge in [-0.3, -0.25) is 9.59 Å². The van der Waals surface area contributed by atoms with Gasteiger partial charge in [0.2, 0.25) is 11.8 Å². The Hall–Kier alpha value is -3.52. The molecular formula is C22H19ClFN5O2. The van der Waals surface area contributed by atoms with E-state index in [1.165, 1.54) is 30.6 Å². The lowest BCUT2D eigenvalue weighted by molar-refractivity contribution is -0.126. The number of carbonyl (C=O) groups excluding carboxylic acids is 2. The Balaban J connectivity index is 1.76. The Morgan fingerprint density at radius 1 is 1.16 bits per heavy atom. The van der Waals surface area contributed by atoms with Crippen LogP contribution in [0.3, 0.4) is 0 Å². The number of fused-ring (bicyclic) bond motifs is 1. The average Bonchev–Trinajstić information content (AvgIpc) is 2.78. The smallest absolute Gasteiger partial charge is 0.249 e. The van der Waals surface area contributed by atoms with E-state index in [4.69, 9.17) is 17.3 Å². The number of nitrogens with two attached hydrogens (primary N) is 1. The maximum absolute atomic E-state index is 14.6. The van der Waals surface area contributed by atoms with Crippen LogP contribution >= 0.6 is 11.6 Å². The number of hydrogen-bond acceptors (Lipinski definition) is 5. The van der Waals surface area contributed by atoms with Crippen LogP contribution in [0.5, 0.6) is 0 Å². The lowest BCUT2D eigenvalue weighted by Crippen LogP contribution is -2.48. The van der Waals surface area contributed by atoms with Gasteiger partial charge >= 0.3 is 0 Å². The third-order valence-electron chi connectivity index (χ3n) is 5.32. The van der Waals surface area contributed by atoms with Crippen LogP contribution in [0, 0.1) is 5.82 Å². The van der Waals surface area contributed by atoms with Crippen LogP contribution in [0.1, 0.15) is 10.4 Å². The van der Waals surface area contributed by atoms with Crippen LogP contribution in [0.2, 0.25) is 5.02 Å². The Morgan fingerprint density at radius 2 is 1.90 bits per heavy atom. The molecule has 0 bridgehead atoms. The maximum atomic E-state index is 14.6. The zero-order valence-corrected chi connectivity index (χ0v) is 17.3. The van der Waals surface area contributed by atoms with Crippen molar-refractivity contribution in [3.63, 3.8) is 0 Å². The zero-order chi connectivity index (χ0) is 22.1. The molecule has 2 aromatic carbocycles. The topological polar surface area (TPSA) is 92.4 Å². The highest BCUT2D eigenvalue weighted by Gasteiger charge is 2.23. The summed E-state index contributed by atoms with van der Waals surface area (Å²) in [7, 11) is 0. The largest absolute Gasteiger partial charge is 0.366 e. The SMILES string of the molecule is C=CC(=O)N1CCN(c2ncnc3cc(-c4c(F)cccc4C(N)=O)c(Cl)cc23)CC1. The first-order chi connectivity index (χ1) is 14.9. The van der Waals surface area contributed by atoms with Crippen LogP contribution in [0.4, 0.5) is 10.2 Å². The monoisotopic (exact) mass is 439 g/mol. The van der Waals surface area contributed by atoms with Gasteiger partial charge in [0.1, 0.15) is 18.0 Å². The molecule has 1 aromatic heterocycles. The zero-order valence-electron chi connectivity index (χ0n) is 16.5. The highest BCUT2D eigenvalue weighted by molar-refractivity contribution is 6.34. The molecule has 1 fully saturated rings. The van der Waals surface area contributed by atoms with Crippen molar-refractivity contribution in [1.82, 2.24) is 14.9 Å². The summed E-state index contributed by atoms with van der Waals surface area (Å²) in [6.07, 6.45) is 2.73. The van der Waals surface area contributed by atoms with Crippen molar-refractivity contribution in [1.29, 1.82) is 0 Å². The predicted molar refractivity (Wildman–Crippen MR) is 117 cm³/mol. The van der Waals surface area contributed by atoms with Crippen molar-refractivity contribution >= 4 is 40.1 Å². The van der Waals surface area contributed by atoms with E-state index >= 15 is 0 Å². The summed E-state index contributed by atoms with van der Waals surface area (Å²) in [5, 5.41) is 0.938. The fraction of sp³-hybridized carbons (Fsp3) is 0.182. The van der Waals surface area contributed by atoms with E-state index in [9.17, 15) is 14.0 Å². The molecule has 0 saturated carbocycles. The molecule has 158 valence electrons. The second-order valence-corrected chi connectivity index (χ2v) is 7.50. The number of piperazine rings is 1. The molecule has 31 heavy (non-hydrogen) atoms. The van der Waals surface area contributed by atoms with E-state index in [-0.39, 0.29) is 22.1 Å². The fourth-order valence-electron chi connectivity index (χ4n) is 3.78. The number of halogens is 2. The minimum absolute atomic E-state index is 0.0403. The molecule has 2 heterocycles. The van der Waals surface area contributed by atoms with Gasteiger partial charge in [-0.25, -0.2) is 14.4 Å². The first-order valence-electron chi connectivity index (χ1n) is 9.60. The number of anilines is 1. The molecule has 0 atom stereocenters. The second kappa shape index (κ2) is 8.31. The summed E-state index contributed by atoms with van der Waals surface area (Å²) in [6, 6.07) is 7.42. The standard InChI is InChI=1S/C22H19ClFN5O2/c1-2-19(30)28-6-8-29(9-7-28)22-15-10-16(23)14(11-18(15)26-12-27-22)20-13(21(25)31)4-3-5-17(20)24/h2-5,10-12H,1,6-9H2,(H2,25,31). The quantitative estimate of drug-likeness (QED) is 0.631. The molecule has 1 saturated heterocycles. The summed E-state index contributed by atoms with van der Waals surface area (Å²) >= 11 is 6.52. The van der Waals surface area contributed by atoms with Gasteiger partial charge in [0, 0.05) is 53.3 Å². The normalized spacial score (nSPS) is 14.0. The van der Waals surface area contributed by atoms with Crippen molar-refractivity contribution in [2.45, 2.75) is 0 Å². The van der Waals surface area contributed by atoms with Crippen LogP contribution in [0.25, 0.3) is 22.0 Å². The molecule has 0 unspecified atom stereocenters. The minimum Gasteiger partial charge on any atom is -0.366 e. The van der Waals surface area contributed by atoms with Crippen LogP contribution in [0.15, 0.2) is 49.3 Å². The predicted octanol–water partition coefficient (Wildman–Crippen LogP) is 3.02. The van der Waals surface area contributed by atoms with Gasteiger partial charge in [-0.15, -0.1) is 0 Å². The average molecular weight is 440 g/mol. The summed E-state index contributed by atoms with van der Waals surface area (Å²) < 4.78 is 14.6. The number of carbonyl (C=O) groups is 2. The van der Waals surface area contributed by atoms with Crippen molar-refractivity contribution in [2.24, 2.45) is 5.73 Å². The molecule has 9 heteroatoms. The second-order valence-electron chi connectivity index (χ2n) is 7.09. The number of hydrogen-bond donors (Lipinski definition) is 1. The van der Waals surface area contributed by atoms with E-state index in [0.29, 0.717) is 48.5 Å². The van der Waals surface area contributed by atoms with Gasteiger partial charge in [-0.2, -0.15) is 0 Å². The lowest BCUT2D eigenvalue weighted by Gasteiger charge is -2.35. The van der Waals surface area contributed by atoms with Gasteiger partial charge in [-0.1, -0.05) is 24.2 Å². The molecule has 4 rings (SSSR count). The third kappa shape index (κ3) is 3.82. The first kappa shape index (κ1) is 20.7. The Labute approximate surface area is 182 Å². The molecule has 0 aliphatic carbocycles.